The third-order valence-electron chi connectivity index (χ3n) is 3.28. The Morgan fingerprint density at radius 1 is 1.40 bits per heavy atom. The fourth-order valence-electron chi connectivity index (χ4n) is 2.24. The van der Waals surface area contributed by atoms with Crippen molar-refractivity contribution in [2.75, 3.05) is 11.5 Å². The number of hydrogen-bond acceptors (Lipinski definition) is 3. The van der Waals surface area contributed by atoms with E-state index in [2.05, 4.69) is 11.8 Å². The summed E-state index contributed by atoms with van der Waals surface area (Å²) in [5.41, 5.74) is 2.29. The lowest BCUT2D eigenvalue weighted by molar-refractivity contribution is -0.122. The summed E-state index contributed by atoms with van der Waals surface area (Å²) in [5.74, 6) is 5.25. The molecule has 1 aliphatic rings. The molecule has 1 fully saturated rings. The smallest absolute Gasteiger partial charge is 0.237 e. The molecule has 1 saturated heterocycles. The molecule has 1 heterocycles. The second kappa shape index (κ2) is 5.89. The van der Waals surface area contributed by atoms with Gasteiger partial charge < -0.3 is 5.11 Å². The van der Waals surface area contributed by atoms with Crippen LogP contribution in [0, 0.1) is 24.7 Å². The summed E-state index contributed by atoms with van der Waals surface area (Å²) in [5, 5.41) is 8.69. The maximum atomic E-state index is 12.0. The number of carbonyl (C=O) groups excluding carboxylic acids is 2. The summed E-state index contributed by atoms with van der Waals surface area (Å²) in [4.78, 5) is 25.2. The van der Waals surface area contributed by atoms with Gasteiger partial charge in [0.1, 0.15) is 0 Å². The highest BCUT2D eigenvalue weighted by Gasteiger charge is 2.37. The third kappa shape index (κ3) is 2.73. The van der Waals surface area contributed by atoms with Crippen LogP contribution in [0.15, 0.2) is 18.2 Å². The zero-order valence-electron chi connectivity index (χ0n) is 11.6. The Morgan fingerprint density at radius 3 is 2.70 bits per heavy atom. The number of anilines is 1. The van der Waals surface area contributed by atoms with E-state index in [0.717, 1.165) is 11.1 Å². The fourth-order valence-corrected chi connectivity index (χ4v) is 2.24. The van der Waals surface area contributed by atoms with Crippen LogP contribution in [0.2, 0.25) is 0 Å². The molecule has 0 aliphatic carbocycles. The van der Waals surface area contributed by atoms with Gasteiger partial charge in [-0.1, -0.05) is 18.8 Å². The van der Waals surface area contributed by atoms with Crippen LogP contribution in [0.1, 0.15) is 30.9 Å². The number of aryl methyl sites for hydroxylation is 1. The molecule has 0 aromatic heterocycles. The Balaban J connectivity index is 2.29. The molecule has 1 aliphatic heterocycles. The molecule has 2 amide bonds. The van der Waals surface area contributed by atoms with Crippen LogP contribution in [0.3, 0.4) is 0 Å². The molecular weight excluding hydrogens is 254 g/mol. The van der Waals surface area contributed by atoms with Crippen LogP contribution in [0.5, 0.6) is 0 Å². The number of nitrogens with zero attached hydrogens (tertiary/aromatic N) is 1. The van der Waals surface area contributed by atoms with Crippen LogP contribution in [0.25, 0.3) is 0 Å². The Hall–Kier alpha value is -2.12. The lowest BCUT2D eigenvalue weighted by atomic mass is 10.1. The summed E-state index contributed by atoms with van der Waals surface area (Å²) in [6, 6.07) is 5.39. The van der Waals surface area contributed by atoms with E-state index in [1.165, 1.54) is 4.90 Å². The van der Waals surface area contributed by atoms with Gasteiger partial charge in [-0.3, -0.25) is 14.5 Å². The monoisotopic (exact) mass is 271 g/mol. The number of carbonyl (C=O) groups is 2. The number of aliphatic hydroxyl groups excluding tert-OH is 1. The first-order chi connectivity index (χ1) is 9.54. The first-order valence-electron chi connectivity index (χ1n) is 6.61. The minimum atomic E-state index is -0.245. The molecule has 104 valence electrons. The molecule has 0 saturated carbocycles. The predicted molar refractivity (Wildman–Crippen MR) is 76.0 cm³/mol. The standard InChI is InChI=1S/C16H17NO3/c1-11-9-13(5-3-4-8-18)6-7-14(11)17-15(19)10-12(2)16(17)20/h6-7,9,12,18H,4,8,10H2,1-2H3. The first-order valence-corrected chi connectivity index (χ1v) is 6.61. The molecule has 4 heteroatoms. The van der Waals surface area contributed by atoms with Crippen molar-refractivity contribution in [2.24, 2.45) is 5.92 Å². The summed E-state index contributed by atoms with van der Waals surface area (Å²) in [7, 11) is 0. The molecule has 0 bridgehead atoms. The molecule has 1 N–H and O–H groups in total. The molecule has 1 aromatic carbocycles. The van der Waals surface area contributed by atoms with E-state index in [4.69, 9.17) is 5.11 Å². The molecule has 2 rings (SSSR count). The van der Waals surface area contributed by atoms with Crippen LogP contribution in [0.4, 0.5) is 5.69 Å². The van der Waals surface area contributed by atoms with Gasteiger partial charge in [0, 0.05) is 24.3 Å². The second-order valence-electron chi connectivity index (χ2n) is 4.95. The maximum Gasteiger partial charge on any atom is 0.237 e. The molecule has 1 atom stereocenters. The van der Waals surface area contributed by atoms with Gasteiger partial charge in [-0.2, -0.15) is 0 Å². The summed E-state index contributed by atoms with van der Waals surface area (Å²) >= 11 is 0. The zero-order valence-corrected chi connectivity index (χ0v) is 11.6. The van der Waals surface area contributed by atoms with Crippen molar-refractivity contribution in [1.82, 2.24) is 0 Å². The zero-order chi connectivity index (χ0) is 14.7. The van der Waals surface area contributed by atoms with Crippen LogP contribution in [-0.2, 0) is 9.59 Å². The highest BCUT2D eigenvalue weighted by molar-refractivity contribution is 6.21. The van der Waals surface area contributed by atoms with E-state index in [-0.39, 0.29) is 30.8 Å². The van der Waals surface area contributed by atoms with Gasteiger partial charge in [0.25, 0.3) is 0 Å². The SMILES string of the molecule is Cc1cc(C#CCCO)ccc1N1C(=O)CC(C)C1=O. The van der Waals surface area contributed by atoms with Gasteiger partial charge in [-0.05, 0) is 30.7 Å². The topological polar surface area (TPSA) is 57.6 Å². The molecule has 0 radical (unpaired) electrons. The van der Waals surface area contributed by atoms with E-state index in [9.17, 15) is 9.59 Å². The van der Waals surface area contributed by atoms with Crippen molar-refractivity contribution in [2.45, 2.75) is 26.7 Å². The Bertz CT molecular complexity index is 610. The van der Waals surface area contributed by atoms with Crippen LogP contribution < -0.4 is 4.90 Å². The maximum absolute atomic E-state index is 12.0. The second-order valence-corrected chi connectivity index (χ2v) is 4.95. The van der Waals surface area contributed by atoms with E-state index in [1.54, 1.807) is 19.1 Å². The lowest BCUT2D eigenvalue weighted by Gasteiger charge is -2.17. The Labute approximate surface area is 118 Å². The average molecular weight is 271 g/mol. The van der Waals surface area contributed by atoms with Gasteiger partial charge >= 0.3 is 0 Å². The Morgan fingerprint density at radius 2 is 2.15 bits per heavy atom. The van der Waals surface area contributed by atoms with Gasteiger partial charge in [0.15, 0.2) is 0 Å². The van der Waals surface area contributed by atoms with Crippen molar-refractivity contribution in [3.63, 3.8) is 0 Å². The van der Waals surface area contributed by atoms with Crippen LogP contribution in [-0.4, -0.2) is 23.5 Å². The number of rotatable bonds is 2. The molecule has 20 heavy (non-hydrogen) atoms. The normalized spacial score (nSPS) is 18.1. The highest BCUT2D eigenvalue weighted by Crippen LogP contribution is 2.29. The van der Waals surface area contributed by atoms with Crippen molar-refractivity contribution in [3.05, 3.63) is 29.3 Å². The first kappa shape index (κ1) is 14.3. The van der Waals surface area contributed by atoms with Crippen LogP contribution >= 0.6 is 0 Å². The number of imide groups is 1. The summed E-state index contributed by atoms with van der Waals surface area (Å²) < 4.78 is 0. The van der Waals surface area contributed by atoms with Crippen molar-refractivity contribution >= 4 is 17.5 Å². The number of aliphatic hydroxyl groups is 1. The minimum Gasteiger partial charge on any atom is -0.395 e. The largest absolute Gasteiger partial charge is 0.395 e. The van der Waals surface area contributed by atoms with Gasteiger partial charge in [-0.15, -0.1) is 0 Å². The van der Waals surface area contributed by atoms with E-state index >= 15 is 0 Å². The lowest BCUT2D eigenvalue weighted by Crippen LogP contribution is -2.30. The molecular formula is C16H17NO3. The average Bonchev–Trinajstić information content (AvgIpc) is 2.65. The summed E-state index contributed by atoms with van der Waals surface area (Å²) in [6.45, 7) is 3.67. The van der Waals surface area contributed by atoms with Crippen molar-refractivity contribution in [3.8, 4) is 11.8 Å². The van der Waals surface area contributed by atoms with E-state index in [0.29, 0.717) is 12.1 Å². The molecule has 0 spiro atoms. The molecule has 1 unspecified atom stereocenters. The quantitative estimate of drug-likeness (QED) is 0.657. The number of amides is 2. The van der Waals surface area contributed by atoms with Gasteiger partial charge in [0.05, 0.1) is 12.3 Å². The predicted octanol–water partition coefficient (Wildman–Crippen LogP) is 1.63. The van der Waals surface area contributed by atoms with Crippen molar-refractivity contribution < 1.29 is 14.7 Å². The van der Waals surface area contributed by atoms with E-state index < -0.39 is 0 Å². The van der Waals surface area contributed by atoms with Crippen molar-refractivity contribution in [1.29, 1.82) is 0 Å². The number of hydrogen-bond donors (Lipinski definition) is 1. The minimum absolute atomic E-state index is 0.0404. The Kier molecular flexibility index (Phi) is 4.21. The third-order valence-corrected chi connectivity index (χ3v) is 3.28. The highest BCUT2D eigenvalue weighted by atomic mass is 16.2. The number of benzene rings is 1. The van der Waals surface area contributed by atoms with E-state index in [1.807, 2.05) is 13.0 Å². The van der Waals surface area contributed by atoms with Gasteiger partial charge in [-0.25, -0.2) is 0 Å². The molecule has 4 nitrogen and oxygen atoms in total. The van der Waals surface area contributed by atoms with Gasteiger partial charge in [0.2, 0.25) is 11.8 Å². The molecule has 1 aromatic rings. The summed E-state index contributed by atoms with van der Waals surface area (Å²) in [6.07, 6.45) is 0.706. The fraction of sp³-hybridized carbons (Fsp3) is 0.375.